The Kier molecular flexibility index (Phi) is 5.40. The Bertz CT molecular complexity index is 651. The van der Waals surface area contributed by atoms with Crippen LogP contribution in [0.5, 0.6) is 0 Å². The largest absolute Gasteiger partial charge is 0.358 e. The minimum absolute atomic E-state index is 0.181. The van der Waals surface area contributed by atoms with Crippen LogP contribution < -0.4 is 0 Å². The summed E-state index contributed by atoms with van der Waals surface area (Å²) in [5, 5.41) is 0. The standard InChI is InChI=1S/C21H31FN2O2/c1-16(2)24-14-21(13-20(3,4)19(24)25)9-11-23(15-26-21)10-8-17-6-5-7-18(22)12-17/h5-7,12,16H,8-11,13-15H2,1-4H3. The number of carbonyl (C=O) groups excluding carboxylic acids is 1. The molecule has 26 heavy (non-hydrogen) atoms. The molecule has 144 valence electrons. The topological polar surface area (TPSA) is 32.8 Å². The third-order valence-corrected chi connectivity index (χ3v) is 5.73. The summed E-state index contributed by atoms with van der Waals surface area (Å²) in [5.41, 5.74) is 0.393. The van der Waals surface area contributed by atoms with E-state index in [1.807, 2.05) is 24.8 Å². The molecule has 0 aliphatic carbocycles. The van der Waals surface area contributed by atoms with Crippen molar-refractivity contribution in [2.75, 3.05) is 26.4 Å². The van der Waals surface area contributed by atoms with Crippen molar-refractivity contribution in [2.45, 2.75) is 58.6 Å². The van der Waals surface area contributed by atoms with Gasteiger partial charge in [-0.15, -0.1) is 0 Å². The molecule has 0 aromatic heterocycles. The molecule has 2 saturated heterocycles. The van der Waals surface area contributed by atoms with Crippen molar-refractivity contribution in [3.8, 4) is 0 Å². The number of hydrogen-bond donors (Lipinski definition) is 0. The van der Waals surface area contributed by atoms with Crippen molar-refractivity contribution in [3.05, 3.63) is 35.6 Å². The third-order valence-electron chi connectivity index (χ3n) is 5.73. The van der Waals surface area contributed by atoms with Crippen LogP contribution in [0, 0.1) is 11.2 Å². The molecule has 5 heteroatoms. The smallest absolute Gasteiger partial charge is 0.228 e. The van der Waals surface area contributed by atoms with Crippen molar-refractivity contribution < 1.29 is 13.9 Å². The molecule has 1 unspecified atom stereocenters. The van der Waals surface area contributed by atoms with E-state index in [0.717, 1.165) is 37.9 Å². The number of halogens is 1. The second kappa shape index (κ2) is 7.28. The molecular formula is C21H31FN2O2. The predicted octanol–water partition coefficient (Wildman–Crippen LogP) is 3.45. The van der Waals surface area contributed by atoms with Gasteiger partial charge in [0.15, 0.2) is 0 Å². The van der Waals surface area contributed by atoms with Crippen LogP contribution in [-0.2, 0) is 16.0 Å². The molecule has 1 aromatic rings. The van der Waals surface area contributed by atoms with Crippen LogP contribution in [0.15, 0.2) is 24.3 Å². The first-order chi connectivity index (χ1) is 12.2. The maximum atomic E-state index is 13.3. The van der Waals surface area contributed by atoms with Gasteiger partial charge in [-0.25, -0.2) is 4.39 Å². The molecule has 3 rings (SSSR count). The SMILES string of the molecule is CC(C)N1CC2(CCN(CCc3cccc(F)c3)CO2)CC(C)(C)C1=O. The molecule has 2 heterocycles. The van der Waals surface area contributed by atoms with Gasteiger partial charge in [-0.3, -0.25) is 9.69 Å². The lowest BCUT2D eigenvalue weighted by molar-refractivity contribution is -0.195. The monoisotopic (exact) mass is 362 g/mol. The van der Waals surface area contributed by atoms with Crippen molar-refractivity contribution >= 4 is 5.91 Å². The fourth-order valence-corrected chi connectivity index (χ4v) is 4.27. The van der Waals surface area contributed by atoms with Gasteiger partial charge in [-0.05, 0) is 50.8 Å². The normalized spacial score (nSPS) is 26.7. The molecule has 4 nitrogen and oxygen atoms in total. The van der Waals surface area contributed by atoms with Crippen LogP contribution >= 0.6 is 0 Å². The minimum Gasteiger partial charge on any atom is -0.358 e. The highest BCUT2D eigenvalue weighted by Crippen LogP contribution is 2.42. The van der Waals surface area contributed by atoms with Gasteiger partial charge in [0.2, 0.25) is 5.91 Å². The number of benzene rings is 1. The molecule has 0 N–H and O–H groups in total. The maximum absolute atomic E-state index is 13.3. The number of nitrogens with zero attached hydrogens (tertiary/aromatic N) is 2. The Labute approximate surface area is 156 Å². The van der Waals surface area contributed by atoms with E-state index in [0.29, 0.717) is 13.3 Å². The summed E-state index contributed by atoms with van der Waals surface area (Å²) in [6, 6.07) is 6.99. The van der Waals surface area contributed by atoms with Crippen molar-refractivity contribution in [1.29, 1.82) is 0 Å². The molecule has 1 aromatic carbocycles. The van der Waals surface area contributed by atoms with E-state index < -0.39 is 0 Å². The Morgan fingerprint density at radius 3 is 2.69 bits per heavy atom. The van der Waals surface area contributed by atoms with E-state index in [9.17, 15) is 9.18 Å². The average Bonchev–Trinajstić information content (AvgIpc) is 2.57. The van der Waals surface area contributed by atoms with Crippen LogP contribution in [0.3, 0.4) is 0 Å². The number of ether oxygens (including phenoxy) is 1. The average molecular weight is 362 g/mol. The van der Waals surface area contributed by atoms with Crippen LogP contribution in [0.25, 0.3) is 0 Å². The number of hydrogen-bond acceptors (Lipinski definition) is 3. The van der Waals surface area contributed by atoms with Gasteiger partial charge in [-0.2, -0.15) is 0 Å². The van der Waals surface area contributed by atoms with Crippen LogP contribution in [0.2, 0.25) is 0 Å². The van der Waals surface area contributed by atoms with Gasteiger partial charge in [0.05, 0.1) is 18.9 Å². The third kappa shape index (κ3) is 4.09. The van der Waals surface area contributed by atoms with Gasteiger partial charge in [0.25, 0.3) is 0 Å². The molecule has 2 aliphatic heterocycles. The van der Waals surface area contributed by atoms with E-state index in [2.05, 4.69) is 18.7 Å². The van der Waals surface area contributed by atoms with Gasteiger partial charge < -0.3 is 9.64 Å². The number of likely N-dealkylation sites (tertiary alicyclic amines) is 1. The Morgan fingerprint density at radius 1 is 1.31 bits per heavy atom. The first-order valence-electron chi connectivity index (χ1n) is 9.63. The van der Waals surface area contributed by atoms with Gasteiger partial charge in [0, 0.05) is 24.5 Å². The van der Waals surface area contributed by atoms with E-state index in [1.165, 1.54) is 6.07 Å². The first-order valence-corrected chi connectivity index (χ1v) is 9.63. The second-order valence-electron chi connectivity index (χ2n) is 8.79. The number of piperidine rings is 1. The van der Waals surface area contributed by atoms with Gasteiger partial charge in [-0.1, -0.05) is 26.0 Å². The highest BCUT2D eigenvalue weighted by Gasteiger charge is 2.51. The number of rotatable bonds is 4. The molecule has 2 fully saturated rings. The van der Waals surface area contributed by atoms with Crippen LogP contribution in [0.4, 0.5) is 4.39 Å². The fourth-order valence-electron chi connectivity index (χ4n) is 4.27. The molecular weight excluding hydrogens is 331 g/mol. The van der Waals surface area contributed by atoms with E-state index in [-0.39, 0.29) is 28.8 Å². The van der Waals surface area contributed by atoms with E-state index >= 15 is 0 Å². The molecule has 0 radical (unpaired) electrons. The lowest BCUT2D eigenvalue weighted by atomic mass is 9.73. The summed E-state index contributed by atoms with van der Waals surface area (Å²) in [6.07, 6.45) is 2.52. The zero-order valence-corrected chi connectivity index (χ0v) is 16.4. The van der Waals surface area contributed by atoms with Crippen LogP contribution in [-0.4, -0.2) is 53.7 Å². The van der Waals surface area contributed by atoms with Crippen LogP contribution in [0.1, 0.15) is 46.1 Å². The summed E-state index contributed by atoms with van der Waals surface area (Å²) < 4.78 is 19.7. The summed E-state index contributed by atoms with van der Waals surface area (Å²) >= 11 is 0. The summed E-state index contributed by atoms with van der Waals surface area (Å²) in [4.78, 5) is 17.0. The zero-order chi connectivity index (χ0) is 18.9. The summed E-state index contributed by atoms with van der Waals surface area (Å²) in [5.74, 6) is 0.0505. The minimum atomic E-state index is -0.383. The first kappa shape index (κ1) is 19.3. The molecule has 1 spiro atoms. The molecule has 1 atom stereocenters. The molecule has 0 bridgehead atoms. The van der Waals surface area contributed by atoms with E-state index in [4.69, 9.17) is 4.74 Å². The Hall–Kier alpha value is -1.46. The molecule has 2 aliphatic rings. The quantitative estimate of drug-likeness (QED) is 0.822. The Morgan fingerprint density at radius 2 is 2.08 bits per heavy atom. The fraction of sp³-hybridized carbons (Fsp3) is 0.667. The van der Waals surface area contributed by atoms with Crippen molar-refractivity contribution in [1.82, 2.24) is 9.80 Å². The van der Waals surface area contributed by atoms with Gasteiger partial charge in [0.1, 0.15) is 5.82 Å². The summed E-state index contributed by atoms with van der Waals surface area (Å²) in [7, 11) is 0. The number of carbonyl (C=O) groups is 1. The highest BCUT2D eigenvalue weighted by molar-refractivity contribution is 5.83. The van der Waals surface area contributed by atoms with Crippen molar-refractivity contribution in [2.24, 2.45) is 5.41 Å². The Balaban J connectivity index is 1.59. The number of amides is 1. The predicted molar refractivity (Wildman–Crippen MR) is 100 cm³/mol. The highest BCUT2D eigenvalue weighted by atomic mass is 19.1. The zero-order valence-electron chi connectivity index (χ0n) is 16.4. The lowest BCUT2D eigenvalue weighted by Gasteiger charge is -2.53. The maximum Gasteiger partial charge on any atom is 0.228 e. The summed E-state index contributed by atoms with van der Waals surface area (Å²) in [6.45, 7) is 11.3. The molecule has 1 amide bonds. The van der Waals surface area contributed by atoms with Gasteiger partial charge >= 0.3 is 0 Å². The lowest BCUT2D eigenvalue weighted by Crippen LogP contribution is -2.63. The van der Waals surface area contributed by atoms with Crippen molar-refractivity contribution in [3.63, 3.8) is 0 Å². The van der Waals surface area contributed by atoms with E-state index in [1.54, 1.807) is 12.1 Å². The molecule has 0 saturated carbocycles. The second-order valence-corrected chi connectivity index (χ2v) is 8.79.